The fourth-order valence-corrected chi connectivity index (χ4v) is 4.24. The smallest absolute Gasteiger partial charge is 0.226 e. The number of thiophene rings is 1. The second-order valence-corrected chi connectivity index (χ2v) is 7.53. The lowest BCUT2D eigenvalue weighted by molar-refractivity contribution is -0.121. The summed E-state index contributed by atoms with van der Waals surface area (Å²) in [6.07, 6.45) is 0.270. The monoisotopic (exact) mass is 368 g/mol. The molecule has 0 saturated carbocycles. The molecule has 3 aromatic heterocycles. The van der Waals surface area contributed by atoms with Gasteiger partial charge in [0.25, 0.3) is 0 Å². The van der Waals surface area contributed by atoms with Crippen molar-refractivity contribution in [1.29, 1.82) is 0 Å². The van der Waals surface area contributed by atoms with E-state index in [1.54, 1.807) is 22.7 Å². The van der Waals surface area contributed by atoms with E-state index in [0.717, 1.165) is 32.4 Å². The zero-order chi connectivity index (χ0) is 17.2. The summed E-state index contributed by atoms with van der Waals surface area (Å²) >= 11 is 3.22. The molecule has 0 fully saturated rings. The molecule has 1 aromatic carbocycles. The van der Waals surface area contributed by atoms with E-state index in [-0.39, 0.29) is 18.4 Å². The summed E-state index contributed by atoms with van der Waals surface area (Å²) < 4.78 is 0. The number of benzene rings is 1. The van der Waals surface area contributed by atoms with Crippen molar-refractivity contribution in [2.45, 2.75) is 19.4 Å². The van der Waals surface area contributed by atoms with E-state index in [1.807, 2.05) is 54.1 Å². The number of carbonyl (C=O) groups is 1. The quantitative estimate of drug-likeness (QED) is 0.555. The Balaban J connectivity index is 1.41. The van der Waals surface area contributed by atoms with Crippen LogP contribution in [0.25, 0.3) is 20.9 Å². The van der Waals surface area contributed by atoms with Crippen LogP contribution in [0.4, 0.5) is 0 Å². The number of fused-ring (bicyclic) bond motifs is 1. The van der Waals surface area contributed by atoms with Crippen LogP contribution in [0.2, 0.25) is 0 Å². The van der Waals surface area contributed by atoms with Gasteiger partial charge in [-0.05, 0) is 30.5 Å². The number of nitrogens with zero attached hydrogens (tertiary/aromatic N) is 2. The van der Waals surface area contributed by atoms with Crippen LogP contribution in [0, 0.1) is 0 Å². The van der Waals surface area contributed by atoms with E-state index in [4.69, 9.17) is 0 Å². The number of H-pyrrole nitrogens is 1. The summed E-state index contributed by atoms with van der Waals surface area (Å²) in [6.45, 7) is 1.92. The van der Waals surface area contributed by atoms with Gasteiger partial charge in [-0.25, -0.2) is 9.97 Å². The summed E-state index contributed by atoms with van der Waals surface area (Å²) in [5.74, 6) is 0.697. The Morgan fingerprint density at radius 1 is 1.20 bits per heavy atom. The molecule has 5 nitrogen and oxygen atoms in total. The molecule has 0 radical (unpaired) electrons. The van der Waals surface area contributed by atoms with E-state index in [9.17, 15) is 4.79 Å². The standard InChI is InChI=1S/C18H16N4OS2/c1-11(17-21-13-5-2-3-6-14(13)22-17)19-16(23)9-12-10-25-18(20-12)15-7-4-8-24-15/h2-8,10-11H,9H2,1H3,(H,19,23)(H,21,22)/t11-/m1/s1. The maximum atomic E-state index is 12.3. The van der Waals surface area contributed by atoms with Crippen LogP contribution in [0.1, 0.15) is 24.5 Å². The molecule has 0 bridgehead atoms. The second-order valence-electron chi connectivity index (χ2n) is 5.73. The molecular formula is C18H16N4OS2. The van der Waals surface area contributed by atoms with Gasteiger partial charge >= 0.3 is 0 Å². The van der Waals surface area contributed by atoms with Crippen molar-refractivity contribution in [1.82, 2.24) is 20.3 Å². The third-order valence-corrected chi connectivity index (χ3v) is 5.75. The van der Waals surface area contributed by atoms with Gasteiger partial charge in [0.1, 0.15) is 10.8 Å². The third-order valence-electron chi connectivity index (χ3n) is 3.82. The minimum Gasteiger partial charge on any atom is -0.346 e. The molecule has 4 rings (SSSR count). The first-order chi connectivity index (χ1) is 12.2. The predicted octanol–water partition coefficient (Wildman–Crippen LogP) is 4.17. The highest BCUT2D eigenvalue weighted by Gasteiger charge is 2.15. The first-order valence-corrected chi connectivity index (χ1v) is 9.67. The summed E-state index contributed by atoms with van der Waals surface area (Å²) in [6, 6.07) is 11.7. The van der Waals surface area contributed by atoms with Crippen molar-refractivity contribution in [3.05, 3.63) is 58.7 Å². The third kappa shape index (κ3) is 3.47. The van der Waals surface area contributed by atoms with E-state index in [1.165, 1.54) is 0 Å². The average molecular weight is 368 g/mol. The van der Waals surface area contributed by atoms with Crippen molar-refractivity contribution in [2.24, 2.45) is 0 Å². The second kappa shape index (κ2) is 6.78. The summed E-state index contributed by atoms with van der Waals surface area (Å²) in [5.41, 5.74) is 2.67. The number of carbonyl (C=O) groups excluding carboxylic acids is 1. The topological polar surface area (TPSA) is 70.7 Å². The van der Waals surface area contributed by atoms with Gasteiger partial charge in [0.15, 0.2) is 0 Å². The Labute approximate surface area is 152 Å². The van der Waals surface area contributed by atoms with Gasteiger partial charge in [-0.2, -0.15) is 0 Å². The van der Waals surface area contributed by atoms with Crippen LogP contribution < -0.4 is 5.32 Å². The molecule has 1 atom stereocenters. The largest absolute Gasteiger partial charge is 0.346 e. The van der Waals surface area contributed by atoms with E-state index < -0.39 is 0 Å². The van der Waals surface area contributed by atoms with Crippen LogP contribution in [-0.2, 0) is 11.2 Å². The Morgan fingerprint density at radius 3 is 2.88 bits per heavy atom. The van der Waals surface area contributed by atoms with Gasteiger partial charge < -0.3 is 10.3 Å². The molecule has 0 aliphatic heterocycles. The number of aromatic nitrogens is 3. The lowest BCUT2D eigenvalue weighted by Crippen LogP contribution is -2.28. The van der Waals surface area contributed by atoms with Crippen LogP contribution in [-0.4, -0.2) is 20.9 Å². The fourth-order valence-electron chi connectivity index (χ4n) is 2.60. The first kappa shape index (κ1) is 16.0. The minimum absolute atomic E-state index is 0.0593. The summed E-state index contributed by atoms with van der Waals surface area (Å²) in [7, 11) is 0. The number of para-hydroxylation sites is 2. The van der Waals surface area contributed by atoms with Gasteiger partial charge in [0.2, 0.25) is 5.91 Å². The zero-order valence-electron chi connectivity index (χ0n) is 13.5. The van der Waals surface area contributed by atoms with Gasteiger partial charge in [-0.15, -0.1) is 22.7 Å². The molecule has 0 spiro atoms. The molecule has 4 aromatic rings. The van der Waals surface area contributed by atoms with E-state index >= 15 is 0 Å². The van der Waals surface area contributed by atoms with Gasteiger partial charge in [-0.1, -0.05) is 18.2 Å². The maximum Gasteiger partial charge on any atom is 0.226 e. The van der Waals surface area contributed by atoms with E-state index in [2.05, 4.69) is 20.3 Å². The predicted molar refractivity (Wildman–Crippen MR) is 102 cm³/mol. The molecule has 3 heterocycles. The minimum atomic E-state index is -0.185. The Hall–Kier alpha value is -2.51. The first-order valence-electron chi connectivity index (χ1n) is 7.91. The van der Waals surface area contributed by atoms with Gasteiger partial charge in [-0.3, -0.25) is 4.79 Å². The van der Waals surface area contributed by atoms with Crippen molar-refractivity contribution < 1.29 is 4.79 Å². The molecule has 25 heavy (non-hydrogen) atoms. The number of hydrogen-bond acceptors (Lipinski definition) is 5. The van der Waals surface area contributed by atoms with Crippen LogP contribution in [0.3, 0.4) is 0 Å². The molecule has 2 N–H and O–H groups in total. The highest BCUT2D eigenvalue weighted by molar-refractivity contribution is 7.20. The Kier molecular flexibility index (Phi) is 4.33. The van der Waals surface area contributed by atoms with Crippen LogP contribution in [0.15, 0.2) is 47.2 Å². The van der Waals surface area contributed by atoms with Crippen molar-refractivity contribution >= 4 is 39.6 Å². The van der Waals surface area contributed by atoms with Crippen molar-refractivity contribution in [2.75, 3.05) is 0 Å². The highest BCUT2D eigenvalue weighted by Crippen LogP contribution is 2.28. The van der Waals surface area contributed by atoms with Crippen LogP contribution >= 0.6 is 22.7 Å². The Bertz CT molecular complexity index is 970. The number of thiazole rings is 1. The van der Waals surface area contributed by atoms with Crippen molar-refractivity contribution in [3.8, 4) is 9.88 Å². The molecule has 0 unspecified atom stereocenters. The molecule has 0 aliphatic rings. The SMILES string of the molecule is C[C@@H](NC(=O)Cc1csc(-c2cccs2)n1)c1nc2ccccc2[nH]1. The number of aromatic amines is 1. The lowest BCUT2D eigenvalue weighted by Gasteiger charge is -2.10. The van der Waals surface area contributed by atoms with Gasteiger partial charge in [0, 0.05) is 5.38 Å². The number of amides is 1. The van der Waals surface area contributed by atoms with Crippen molar-refractivity contribution in [3.63, 3.8) is 0 Å². The molecule has 0 aliphatic carbocycles. The van der Waals surface area contributed by atoms with E-state index in [0.29, 0.717) is 0 Å². The summed E-state index contributed by atoms with van der Waals surface area (Å²) in [4.78, 5) is 25.8. The number of rotatable bonds is 5. The normalized spacial score (nSPS) is 12.4. The molecule has 0 saturated heterocycles. The molecule has 7 heteroatoms. The van der Waals surface area contributed by atoms with Gasteiger partial charge in [0.05, 0.1) is 34.1 Å². The maximum absolute atomic E-state index is 12.3. The average Bonchev–Trinajstić information content (AvgIpc) is 3.34. The molecule has 126 valence electrons. The lowest BCUT2D eigenvalue weighted by atomic mass is 10.2. The zero-order valence-corrected chi connectivity index (χ0v) is 15.2. The highest BCUT2D eigenvalue weighted by atomic mass is 32.1. The van der Waals surface area contributed by atoms with Crippen LogP contribution in [0.5, 0.6) is 0 Å². The molecular weight excluding hydrogens is 352 g/mol. The number of imidazole rings is 1. The fraction of sp³-hybridized carbons (Fsp3) is 0.167. The molecule has 1 amide bonds. The number of hydrogen-bond donors (Lipinski definition) is 2. The summed E-state index contributed by atoms with van der Waals surface area (Å²) in [5, 5.41) is 7.92. The number of nitrogens with one attached hydrogen (secondary N) is 2. The Morgan fingerprint density at radius 2 is 2.08 bits per heavy atom.